The highest BCUT2D eigenvalue weighted by Gasteiger charge is 2.37. The summed E-state index contributed by atoms with van der Waals surface area (Å²) in [7, 11) is 0. The number of nitrogens with zero attached hydrogens (tertiary/aromatic N) is 1. The maximum Gasteiger partial charge on any atom is 0.168 e. The van der Waals surface area contributed by atoms with E-state index in [0.717, 1.165) is 57.0 Å². The van der Waals surface area contributed by atoms with Crippen LogP contribution in [0.25, 0.3) is 0 Å². The number of rotatable bonds is 10. The minimum atomic E-state index is -0.800. The van der Waals surface area contributed by atoms with Crippen LogP contribution in [-0.2, 0) is 19.3 Å². The number of hydrogen-bond acceptors (Lipinski definition) is 2. The summed E-state index contributed by atoms with van der Waals surface area (Å²) in [4.78, 5) is 13.2. The molecule has 3 nitrogen and oxygen atoms in total. The van der Waals surface area contributed by atoms with E-state index in [2.05, 4.69) is 56.1 Å². The highest BCUT2D eigenvalue weighted by Crippen LogP contribution is 2.39. The molecule has 0 bridgehead atoms. The third-order valence-electron chi connectivity index (χ3n) is 7.64. The number of aryl methyl sites for hydroxylation is 3. The zero-order valence-electron chi connectivity index (χ0n) is 24.2. The molecule has 3 rings (SSSR count). The van der Waals surface area contributed by atoms with Gasteiger partial charge in [0.25, 0.3) is 0 Å². The van der Waals surface area contributed by atoms with Crippen molar-refractivity contribution in [2.24, 2.45) is 5.41 Å². The van der Waals surface area contributed by atoms with Gasteiger partial charge in [-0.2, -0.15) is 0 Å². The van der Waals surface area contributed by atoms with Crippen molar-refractivity contribution in [2.75, 3.05) is 19.6 Å². The topological polar surface area (TPSA) is 32.3 Å². The van der Waals surface area contributed by atoms with Gasteiger partial charge < -0.3 is 10.2 Å². The van der Waals surface area contributed by atoms with Crippen LogP contribution in [0.2, 0.25) is 0 Å². The number of nitrogens with one attached hydrogen (secondary N) is 1. The van der Waals surface area contributed by atoms with E-state index in [9.17, 15) is 13.6 Å². The van der Waals surface area contributed by atoms with Gasteiger partial charge in [0.15, 0.2) is 10.9 Å². The van der Waals surface area contributed by atoms with Crippen molar-refractivity contribution in [2.45, 2.75) is 92.9 Å². The van der Waals surface area contributed by atoms with Gasteiger partial charge in [-0.15, -0.1) is 0 Å². The van der Waals surface area contributed by atoms with Gasteiger partial charge in [-0.1, -0.05) is 64.8 Å². The van der Waals surface area contributed by atoms with E-state index in [-0.39, 0.29) is 5.56 Å². The lowest BCUT2D eigenvalue weighted by molar-refractivity contribution is 0.100. The Bertz CT molecular complexity index is 1080. The number of carbonyl (C=O) groups excluding carboxylic acids is 1. The fraction of sp³-hybridized carbons (Fsp3) is 0.562. The van der Waals surface area contributed by atoms with Gasteiger partial charge in [-0.05, 0) is 98.3 Å². The number of thiocarbonyl (C=S) groups is 1. The number of benzene rings is 2. The van der Waals surface area contributed by atoms with E-state index in [4.69, 9.17) is 12.2 Å². The number of halogens is 2. The van der Waals surface area contributed by atoms with Crippen LogP contribution in [0.3, 0.4) is 0 Å². The van der Waals surface area contributed by atoms with Gasteiger partial charge in [0.2, 0.25) is 0 Å². The first-order valence-corrected chi connectivity index (χ1v) is 14.6. The number of ketones is 1. The summed E-state index contributed by atoms with van der Waals surface area (Å²) in [5.74, 6) is -2.15. The Morgan fingerprint density at radius 3 is 2.24 bits per heavy atom. The third-order valence-corrected chi connectivity index (χ3v) is 8.05. The van der Waals surface area contributed by atoms with Crippen molar-refractivity contribution in [1.29, 1.82) is 0 Å². The Morgan fingerprint density at radius 1 is 1.03 bits per heavy atom. The summed E-state index contributed by atoms with van der Waals surface area (Å²) in [5.41, 5.74) is 4.73. The van der Waals surface area contributed by atoms with Gasteiger partial charge in [0.1, 0.15) is 11.6 Å². The molecule has 1 heterocycles. The van der Waals surface area contributed by atoms with E-state index in [1.54, 1.807) is 0 Å². The SMILES string of the molecule is CC(=O)c1c(F)ccc(C)c1F.CCCC1(CCC)CCN(C(=S)NCCc2ccc(CC)c(CC)c2)C1. The van der Waals surface area contributed by atoms with E-state index in [0.29, 0.717) is 5.41 Å². The van der Waals surface area contributed by atoms with Gasteiger partial charge >= 0.3 is 0 Å². The van der Waals surface area contributed by atoms with Crippen molar-refractivity contribution in [3.05, 3.63) is 69.8 Å². The predicted octanol–water partition coefficient (Wildman–Crippen LogP) is 8.00. The van der Waals surface area contributed by atoms with Crippen LogP contribution in [0.15, 0.2) is 30.3 Å². The van der Waals surface area contributed by atoms with Crippen LogP contribution < -0.4 is 5.32 Å². The van der Waals surface area contributed by atoms with Crippen LogP contribution in [0.4, 0.5) is 8.78 Å². The lowest BCUT2D eigenvalue weighted by atomic mass is 9.79. The number of carbonyl (C=O) groups is 1. The normalized spacial score (nSPS) is 14.2. The molecule has 1 aliphatic heterocycles. The second-order valence-corrected chi connectivity index (χ2v) is 11.0. The molecular weight excluding hydrogens is 498 g/mol. The fourth-order valence-corrected chi connectivity index (χ4v) is 5.87. The molecule has 0 saturated carbocycles. The van der Waals surface area contributed by atoms with Crippen LogP contribution in [0.5, 0.6) is 0 Å². The molecule has 2 aromatic rings. The van der Waals surface area contributed by atoms with E-state index < -0.39 is 23.0 Å². The van der Waals surface area contributed by atoms with E-state index in [1.165, 1.54) is 61.8 Å². The van der Waals surface area contributed by atoms with E-state index in [1.807, 2.05) is 0 Å². The molecular formula is C32H46F2N2OS. The van der Waals surface area contributed by atoms with Crippen molar-refractivity contribution in [3.8, 4) is 0 Å². The first-order valence-electron chi connectivity index (χ1n) is 14.2. The minimum absolute atomic E-state index is 0.279. The molecule has 210 valence electrons. The molecule has 0 aromatic heterocycles. The summed E-state index contributed by atoms with van der Waals surface area (Å²) >= 11 is 5.70. The molecule has 0 radical (unpaired) electrons. The molecule has 1 fully saturated rings. The molecule has 0 atom stereocenters. The lowest BCUT2D eigenvalue weighted by Gasteiger charge is -2.29. The molecule has 1 aliphatic rings. The molecule has 0 amide bonds. The Hall–Kier alpha value is -2.34. The highest BCUT2D eigenvalue weighted by molar-refractivity contribution is 7.80. The summed E-state index contributed by atoms with van der Waals surface area (Å²) in [5, 5.41) is 4.48. The van der Waals surface area contributed by atoms with Crippen molar-refractivity contribution >= 4 is 23.1 Å². The van der Waals surface area contributed by atoms with Gasteiger partial charge in [0.05, 0.1) is 5.56 Å². The molecule has 1 saturated heterocycles. The Morgan fingerprint density at radius 2 is 1.68 bits per heavy atom. The predicted molar refractivity (Wildman–Crippen MR) is 159 cm³/mol. The van der Waals surface area contributed by atoms with Crippen molar-refractivity contribution in [3.63, 3.8) is 0 Å². The smallest absolute Gasteiger partial charge is 0.168 e. The minimum Gasteiger partial charge on any atom is -0.362 e. The monoisotopic (exact) mass is 544 g/mol. The van der Waals surface area contributed by atoms with Gasteiger partial charge in [-0.3, -0.25) is 4.79 Å². The fourth-order valence-electron chi connectivity index (χ4n) is 5.62. The van der Waals surface area contributed by atoms with Crippen LogP contribution in [0, 0.1) is 24.0 Å². The molecule has 0 aliphatic carbocycles. The first-order chi connectivity index (χ1) is 18.1. The molecule has 6 heteroatoms. The Labute approximate surface area is 234 Å². The number of likely N-dealkylation sites (tertiary alicyclic amines) is 1. The van der Waals surface area contributed by atoms with Crippen LogP contribution >= 0.6 is 12.2 Å². The molecule has 2 aromatic carbocycles. The first kappa shape index (κ1) is 31.9. The summed E-state index contributed by atoms with van der Waals surface area (Å²) in [6.07, 6.45) is 9.82. The van der Waals surface area contributed by atoms with E-state index >= 15 is 0 Å². The lowest BCUT2D eigenvalue weighted by Crippen LogP contribution is -2.40. The quantitative estimate of drug-likeness (QED) is 0.243. The largest absolute Gasteiger partial charge is 0.362 e. The Kier molecular flexibility index (Phi) is 12.8. The standard InChI is InChI=1S/C23H38N2S.C9H8F2O/c1-5-12-23(13-6-2)14-16-25(18-23)22(26)24-15-11-19-9-10-20(7-3)21(8-4)17-19;1-5-3-4-7(10)8(6(2)12)9(5)11/h9-10,17H,5-8,11-16,18H2,1-4H3,(H,24,26);3-4H,1-2H3. The number of hydrogen-bond donors (Lipinski definition) is 1. The van der Waals surface area contributed by atoms with Crippen LogP contribution in [-0.4, -0.2) is 35.4 Å². The molecule has 0 spiro atoms. The van der Waals surface area contributed by atoms with Crippen molar-refractivity contribution < 1.29 is 13.6 Å². The molecule has 38 heavy (non-hydrogen) atoms. The Balaban J connectivity index is 0.000000352. The average molecular weight is 545 g/mol. The van der Waals surface area contributed by atoms with Crippen molar-refractivity contribution in [1.82, 2.24) is 10.2 Å². The average Bonchev–Trinajstić information content (AvgIpc) is 3.31. The summed E-state index contributed by atoms with van der Waals surface area (Å²) < 4.78 is 25.9. The zero-order chi connectivity index (χ0) is 28.3. The molecule has 0 unspecified atom stereocenters. The summed E-state index contributed by atoms with van der Waals surface area (Å²) in [6, 6.07) is 9.36. The number of Topliss-reactive ketones (excluding diaryl/α,β-unsaturated/α-hetero) is 1. The second kappa shape index (κ2) is 15.3. The summed E-state index contributed by atoms with van der Waals surface area (Å²) in [6.45, 7) is 14.9. The van der Waals surface area contributed by atoms with Crippen LogP contribution in [0.1, 0.15) is 99.3 Å². The second-order valence-electron chi connectivity index (χ2n) is 10.6. The maximum atomic E-state index is 13.1. The maximum absolute atomic E-state index is 13.1. The zero-order valence-corrected chi connectivity index (χ0v) is 25.0. The third kappa shape index (κ3) is 8.59. The van der Waals surface area contributed by atoms with Gasteiger partial charge in [-0.25, -0.2) is 8.78 Å². The van der Waals surface area contributed by atoms with Gasteiger partial charge in [0, 0.05) is 19.6 Å². The molecule has 1 N–H and O–H groups in total. The highest BCUT2D eigenvalue weighted by atomic mass is 32.1.